The Bertz CT molecular complexity index is 3610. The molecule has 14 rings (SSSR count). The summed E-state index contributed by atoms with van der Waals surface area (Å²) in [6, 6.07) is 56.4. The van der Waals surface area contributed by atoms with Crippen LogP contribution in [-0.4, -0.2) is 14.1 Å². The van der Waals surface area contributed by atoms with Crippen molar-refractivity contribution in [1.82, 2.24) is 8.97 Å². The number of aliphatic hydroxyl groups excluding tert-OH is 1. The van der Waals surface area contributed by atoms with Gasteiger partial charge in [-0.1, -0.05) is 127 Å². The molecule has 1 N–H and O–H groups in total. The van der Waals surface area contributed by atoms with Crippen molar-refractivity contribution >= 4 is 59.8 Å². The maximum Gasteiger partial charge on any atom is 0.263 e. The first-order valence-electron chi connectivity index (χ1n) is 19.0. The largest absolute Gasteiger partial charge is 0.369 e. The Kier molecular flexibility index (Phi) is 4.85. The Hall–Kier alpha value is -7.01. The highest BCUT2D eigenvalue weighted by atomic mass is 16.3. The Morgan fingerprint density at radius 2 is 0.927 bits per heavy atom. The molecule has 2 aliphatic carbocycles. The highest BCUT2D eigenvalue weighted by Crippen LogP contribution is 2.64. The molecule has 4 heterocycles. The van der Waals surface area contributed by atoms with Crippen LogP contribution in [-0.2, 0) is 5.41 Å². The van der Waals surface area contributed by atoms with Crippen molar-refractivity contribution in [2.75, 3.05) is 0 Å². The molecular weight excluding hydrogens is 673 g/mol. The van der Waals surface area contributed by atoms with Crippen LogP contribution in [0.3, 0.4) is 0 Å². The highest BCUT2D eigenvalue weighted by Gasteiger charge is 2.52. The standard InChI is InChI=1S/C51H28N2O2/c54-49-35-15-3-1-11-27(35)31-17-9-19-33-39-23-37-38-24-40-34-20-10-18-32-28-12-2-4-16-36(28)50(55)53(48(32)34)46(40)26-44(38)51(43(37)25-45(39)52(49)47(31)33)41-21-7-5-13-29(41)30-14-6-8-22-42(30)51/h1-26,49,54H. The van der Waals surface area contributed by atoms with Gasteiger partial charge in [0.15, 0.2) is 6.23 Å². The van der Waals surface area contributed by atoms with Gasteiger partial charge in [0.05, 0.1) is 27.5 Å². The predicted molar refractivity (Wildman–Crippen MR) is 222 cm³/mol. The van der Waals surface area contributed by atoms with Gasteiger partial charge in [-0.15, -0.1) is 0 Å². The quantitative estimate of drug-likeness (QED) is 0.160. The predicted octanol–water partition coefficient (Wildman–Crippen LogP) is 11.2. The van der Waals surface area contributed by atoms with Crippen molar-refractivity contribution in [2.45, 2.75) is 11.6 Å². The number of fused-ring (bicyclic) bond motifs is 20. The summed E-state index contributed by atoms with van der Waals surface area (Å²) in [6.45, 7) is 0. The zero-order valence-corrected chi connectivity index (χ0v) is 29.3. The Labute approximate surface area is 313 Å². The maximum atomic E-state index is 14.6. The molecular formula is C51H28N2O2. The maximum absolute atomic E-state index is 14.6. The van der Waals surface area contributed by atoms with E-state index in [1.165, 1.54) is 44.5 Å². The van der Waals surface area contributed by atoms with Crippen LogP contribution < -0.4 is 5.56 Å². The Balaban J connectivity index is 1.20. The van der Waals surface area contributed by atoms with Crippen molar-refractivity contribution in [3.05, 3.63) is 196 Å². The number of benzene rings is 8. The van der Waals surface area contributed by atoms with E-state index >= 15 is 0 Å². The van der Waals surface area contributed by atoms with Gasteiger partial charge in [-0.05, 0) is 85.8 Å². The first kappa shape index (κ1) is 28.5. The first-order chi connectivity index (χ1) is 27.1. The van der Waals surface area contributed by atoms with E-state index in [0.29, 0.717) is 0 Å². The number of rotatable bonds is 0. The molecule has 0 amide bonds. The third kappa shape index (κ3) is 3.04. The smallest absolute Gasteiger partial charge is 0.263 e. The third-order valence-electron chi connectivity index (χ3n) is 13.4. The summed E-state index contributed by atoms with van der Waals surface area (Å²) in [4.78, 5) is 14.6. The minimum Gasteiger partial charge on any atom is -0.369 e. The van der Waals surface area contributed by atoms with Gasteiger partial charge < -0.3 is 9.67 Å². The van der Waals surface area contributed by atoms with Crippen LogP contribution in [0, 0.1) is 0 Å². The topological polar surface area (TPSA) is 46.6 Å². The summed E-state index contributed by atoms with van der Waals surface area (Å²) < 4.78 is 4.14. The van der Waals surface area contributed by atoms with Crippen molar-refractivity contribution in [3.8, 4) is 33.4 Å². The van der Waals surface area contributed by atoms with Crippen LogP contribution in [0.4, 0.5) is 0 Å². The van der Waals surface area contributed by atoms with Crippen LogP contribution in [0.2, 0.25) is 0 Å². The Morgan fingerprint density at radius 3 is 1.65 bits per heavy atom. The second kappa shape index (κ2) is 9.37. The number of nitrogens with zero attached hydrogens (tertiary/aromatic N) is 2. The zero-order valence-electron chi connectivity index (χ0n) is 29.3. The van der Waals surface area contributed by atoms with Crippen molar-refractivity contribution in [2.24, 2.45) is 0 Å². The van der Waals surface area contributed by atoms with E-state index in [0.717, 1.165) is 76.5 Å². The van der Waals surface area contributed by atoms with Crippen LogP contribution in [0.1, 0.15) is 34.0 Å². The lowest BCUT2D eigenvalue weighted by molar-refractivity contribution is 0.155. The molecule has 1 spiro atoms. The lowest BCUT2D eigenvalue weighted by atomic mass is 9.70. The van der Waals surface area contributed by atoms with Gasteiger partial charge in [0.25, 0.3) is 5.56 Å². The molecule has 1 aliphatic heterocycles. The SMILES string of the molecule is O=c1c2ccccc2c2cccc3c4cc5c(cc4n1c23)C1(c2ccccc2-c2ccccc21)c1cc2c(cc1-5)c1cccc3c1n2C(O)c1ccccc1-3. The highest BCUT2D eigenvalue weighted by molar-refractivity contribution is 6.22. The zero-order chi connectivity index (χ0) is 35.9. The lowest BCUT2D eigenvalue weighted by Crippen LogP contribution is -2.26. The number of para-hydroxylation sites is 2. The molecule has 0 saturated heterocycles. The van der Waals surface area contributed by atoms with E-state index in [1.807, 2.05) is 34.7 Å². The molecule has 3 aromatic heterocycles. The van der Waals surface area contributed by atoms with Gasteiger partial charge in [0, 0.05) is 43.4 Å². The van der Waals surface area contributed by atoms with E-state index in [2.05, 4.69) is 132 Å². The molecule has 0 radical (unpaired) electrons. The van der Waals surface area contributed by atoms with E-state index in [9.17, 15) is 9.90 Å². The molecule has 1 unspecified atom stereocenters. The van der Waals surface area contributed by atoms with E-state index in [-0.39, 0.29) is 5.56 Å². The molecule has 1 atom stereocenters. The minimum absolute atomic E-state index is 0.0109. The summed E-state index contributed by atoms with van der Waals surface area (Å²) >= 11 is 0. The molecule has 4 nitrogen and oxygen atoms in total. The van der Waals surface area contributed by atoms with Gasteiger partial charge in [0.2, 0.25) is 0 Å². The van der Waals surface area contributed by atoms with Crippen molar-refractivity contribution in [1.29, 1.82) is 0 Å². The first-order valence-corrected chi connectivity index (χ1v) is 19.0. The second-order valence-electron chi connectivity index (χ2n) is 15.6. The third-order valence-corrected chi connectivity index (χ3v) is 13.4. The number of pyridine rings is 1. The lowest BCUT2D eigenvalue weighted by Gasteiger charge is -2.31. The van der Waals surface area contributed by atoms with Gasteiger partial charge >= 0.3 is 0 Å². The molecule has 0 fully saturated rings. The molecule has 254 valence electrons. The Morgan fingerprint density at radius 1 is 0.418 bits per heavy atom. The fourth-order valence-electron chi connectivity index (χ4n) is 11.3. The second-order valence-corrected chi connectivity index (χ2v) is 15.6. The molecule has 8 aromatic carbocycles. The average molecular weight is 701 g/mol. The normalized spacial score (nSPS) is 15.8. The monoisotopic (exact) mass is 700 g/mol. The minimum atomic E-state index is -0.825. The summed E-state index contributed by atoms with van der Waals surface area (Å²) in [5.41, 5.74) is 16.2. The average Bonchev–Trinajstić information content (AvgIpc) is 3.93. The van der Waals surface area contributed by atoms with Crippen LogP contribution in [0.15, 0.2) is 163 Å². The number of aromatic nitrogens is 2. The summed E-state index contributed by atoms with van der Waals surface area (Å²) in [5.74, 6) is 0. The fraction of sp³-hybridized carbons (Fsp3) is 0.0392. The van der Waals surface area contributed by atoms with E-state index < -0.39 is 11.6 Å². The summed E-state index contributed by atoms with van der Waals surface area (Å²) in [5, 5.41) is 19.4. The van der Waals surface area contributed by atoms with Gasteiger partial charge in [-0.2, -0.15) is 0 Å². The van der Waals surface area contributed by atoms with Gasteiger partial charge in [-0.25, -0.2) is 0 Å². The van der Waals surface area contributed by atoms with Crippen LogP contribution in [0.5, 0.6) is 0 Å². The summed E-state index contributed by atoms with van der Waals surface area (Å²) in [7, 11) is 0. The van der Waals surface area contributed by atoms with Gasteiger partial charge in [0.1, 0.15) is 0 Å². The summed E-state index contributed by atoms with van der Waals surface area (Å²) in [6.07, 6.45) is -0.825. The van der Waals surface area contributed by atoms with E-state index in [4.69, 9.17) is 0 Å². The fourth-order valence-corrected chi connectivity index (χ4v) is 11.3. The van der Waals surface area contributed by atoms with E-state index in [1.54, 1.807) is 0 Å². The van der Waals surface area contributed by atoms with Gasteiger partial charge in [-0.3, -0.25) is 9.20 Å². The molecule has 55 heavy (non-hydrogen) atoms. The van der Waals surface area contributed by atoms with Crippen LogP contribution >= 0.6 is 0 Å². The molecule has 0 bridgehead atoms. The molecule has 4 heteroatoms. The number of hydrogen-bond acceptors (Lipinski definition) is 2. The number of hydrogen-bond donors (Lipinski definition) is 1. The van der Waals surface area contributed by atoms with Crippen LogP contribution in [0.25, 0.3) is 93.2 Å². The van der Waals surface area contributed by atoms with Crippen molar-refractivity contribution < 1.29 is 5.11 Å². The molecule has 11 aromatic rings. The molecule has 0 saturated carbocycles. The molecule has 3 aliphatic rings. The number of aliphatic hydroxyl groups is 1. The van der Waals surface area contributed by atoms with Crippen molar-refractivity contribution in [3.63, 3.8) is 0 Å².